The largest absolute Gasteiger partial charge is 0.462 e. The molecule has 2 amide bonds. The molecule has 0 unspecified atom stereocenters. The first-order valence-electron chi connectivity index (χ1n) is 8.93. The molecule has 0 radical (unpaired) electrons. The number of hydrogen-bond acceptors (Lipinski definition) is 6. The van der Waals surface area contributed by atoms with Crippen LogP contribution in [-0.4, -0.2) is 41.4 Å². The van der Waals surface area contributed by atoms with Crippen LogP contribution in [0.4, 0.5) is 5.69 Å². The predicted molar refractivity (Wildman–Crippen MR) is 105 cm³/mol. The maximum atomic E-state index is 12.5. The minimum absolute atomic E-state index is 0.0796. The number of esters is 2. The molecule has 9 heteroatoms. The van der Waals surface area contributed by atoms with Crippen LogP contribution in [0, 0.1) is 13.8 Å². The van der Waals surface area contributed by atoms with Crippen LogP contribution in [0.2, 0.25) is 0 Å². The van der Waals surface area contributed by atoms with Crippen molar-refractivity contribution >= 4 is 29.4 Å². The number of benzene rings is 1. The van der Waals surface area contributed by atoms with E-state index in [2.05, 4.69) is 10.3 Å². The van der Waals surface area contributed by atoms with Crippen molar-refractivity contribution in [1.29, 1.82) is 0 Å². The lowest BCUT2D eigenvalue weighted by molar-refractivity contribution is -0.123. The zero-order chi connectivity index (χ0) is 21.7. The number of aromatic nitrogens is 1. The van der Waals surface area contributed by atoms with Crippen LogP contribution in [0.3, 0.4) is 0 Å². The van der Waals surface area contributed by atoms with Crippen LogP contribution in [-0.2, 0) is 14.3 Å². The molecule has 0 aliphatic heterocycles. The van der Waals surface area contributed by atoms with E-state index < -0.39 is 29.9 Å². The minimum Gasteiger partial charge on any atom is -0.462 e. The standard InChI is InChI=1S/C20H23N3O6/c1-5-28-19(26)15-10(2)16(22-11(15)3)20(27)29-12(4)18(25)23-14-8-6-13(7-9-14)17(21)24/h6-9,12,22H,5H2,1-4H3,(H2,21,24)(H,23,25)/t12-/m0/s1. The molecule has 0 bridgehead atoms. The van der Waals surface area contributed by atoms with Crippen molar-refractivity contribution in [2.45, 2.75) is 33.8 Å². The lowest BCUT2D eigenvalue weighted by Gasteiger charge is -2.13. The molecule has 0 aliphatic rings. The normalized spacial score (nSPS) is 11.4. The van der Waals surface area contributed by atoms with Gasteiger partial charge in [-0.2, -0.15) is 0 Å². The van der Waals surface area contributed by atoms with Gasteiger partial charge in [-0.1, -0.05) is 0 Å². The molecule has 0 saturated heterocycles. The van der Waals surface area contributed by atoms with Crippen LogP contribution in [0.1, 0.15) is 56.3 Å². The number of primary amides is 1. The van der Waals surface area contributed by atoms with Crippen molar-refractivity contribution in [3.05, 3.63) is 52.3 Å². The summed E-state index contributed by atoms with van der Waals surface area (Å²) in [5.41, 5.74) is 7.10. The van der Waals surface area contributed by atoms with Gasteiger partial charge in [0.25, 0.3) is 5.91 Å². The average molecular weight is 401 g/mol. The van der Waals surface area contributed by atoms with Crippen LogP contribution in [0.25, 0.3) is 0 Å². The van der Waals surface area contributed by atoms with Crippen LogP contribution >= 0.6 is 0 Å². The monoisotopic (exact) mass is 401 g/mol. The smallest absolute Gasteiger partial charge is 0.355 e. The minimum atomic E-state index is -1.10. The molecule has 2 rings (SSSR count). The Hall–Kier alpha value is -3.62. The van der Waals surface area contributed by atoms with Gasteiger partial charge in [0, 0.05) is 16.9 Å². The van der Waals surface area contributed by atoms with Gasteiger partial charge >= 0.3 is 11.9 Å². The SMILES string of the molecule is CCOC(=O)c1c(C)[nH]c(C(=O)O[C@@H](C)C(=O)Nc2ccc(C(N)=O)cc2)c1C. The summed E-state index contributed by atoms with van der Waals surface area (Å²) < 4.78 is 10.2. The number of aromatic amines is 1. The predicted octanol–water partition coefficient (Wildman–Crippen LogP) is 2.09. The number of rotatable bonds is 7. The summed E-state index contributed by atoms with van der Waals surface area (Å²) in [7, 11) is 0. The molecule has 4 N–H and O–H groups in total. The molecular weight excluding hydrogens is 378 g/mol. The number of ether oxygens (including phenoxy) is 2. The number of hydrogen-bond donors (Lipinski definition) is 3. The molecule has 1 aromatic heterocycles. The fourth-order valence-electron chi connectivity index (χ4n) is 2.70. The lowest BCUT2D eigenvalue weighted by atomic mass is 10.1. The molecule has 0 fully saturated rings. The lowest BCUT2D eigenvalue weighted by Crippen LogP contribution is -2.30. The second-order valence-electron chi connectivity index (χ2n) is 6.32. The Labute approximate surface area is 167 Å². The first-order chi connectivity index (χ1) is 13.6. The third kappa shape index (κ3) is 5.01. The second-order valence-corrected chi connectivity index (χ2v) is 6.32. The highest BCUT2D eigenvalue weighted by molar-refractivity contribution is 6.00. The Morgan fingerprint density at radius 1 is 1.10 bits per heavy atom. The van der Waals surface area contributed by atoms with Crippen LogP contribution in [0.5, 0.6) is 0 Å². The molecule has 0 saturated carbocycles. The maximum absolute atomic E-state index is 12.5. The maximum Gasteiger partial charge on any atom is 0.355 e. The van der Waals surface area contributed by atoms with E-state index in [1.165, 1.54) is 31.2 Å². The summed E-state index contributed by atoms with van der Waals surface area (Å²) in [6.45, 7) is 6.55. The van der Waals surface area contributed by atoms with Crippen LogP contribution < -0.4 is 11.1 Å². The quantitative estimate of drug-likeness (QED) is 0.607. The number of carbonyl (C=O) groups is 4. The zero-order valence-electron chi connectivity index (χ0n) is 16.6. The number of anilines is 1. The number of amides is 2. The van der Waals surface area contributed by atoms with E-state index in [1.807, 2.05) is 0 Å². The molecular formula is C20H23N3O6. The van der Waals surface area contributed by atoms with Crippen molar-refractivity contribution in [2.75, 3.05) is 11.9 Å². The topological polar surface area (TPSA) is 141 Å². The zero-order valence-corrected chi connectivity index (χ0v) is 16.6. The van der Waals surface area contributed by atoms with E-state index in [-0.39, 0.29) is 17.9 Å². The number of H-pyrrole nitrogens is 1. The van der Waals surface area contributed by atoms with Gasteiger partial charge in [0.15, 0.2) is 6.10 Å². The summed E-state index contributed by atoms with van der Waals surface area (Å²) in [5.74, 6) is -2.45. The van der Waals surface area contributed by atoms with Gasteiger partial charge in [0.1, 0.15) is 5.69 Å². The average Bonchev–Trinajstić information content (AvgIpc) is 2.96. The molecule has 1 aromatic carbocycles. The van der Waals surface area contributed by atoms with E-state index in [4.69, 9.17) is 15.2 Å². The Balaban J connectivity index is 2.06. The summed E-state index contributed by atoms with van der Waals surface area (Å²) in [6, 6.07) is 5.96. The molecule has 0 spiro atoms. The van der Waals surface area contributed by atoms with Gasteiger partial charge in [-0.15, -0.1) is 0 Å². The molecule has 9 nitrogen and oxygen atoms in total. The second kappa shape index (κ2) is 9.05. The first-order valence-corrected chi connectivity index (χ1v) is 8.93. The molecule has 1 atom stereocenters. The molecule has 1 heterocycles. The summed E-state index contributed by atoms with van der Waals surface area (Å²) in [6.07, 6.45) is -1.10. The molecule has 2 aromatic rings. The molecule has 0 aliphatic carbocycles. The third-order valence-electron chi connectivity index (χ3n) is 4.21. The van der Waals surface area contributed by atoms with E-state index in [1.54, 1.807) is 20.8 Å². The van der Waals surface area contributed by atoms with Gasteiger partial charge in [-0.3, -0.25) is 9.59 Å². The van der Waals surface area contributed by atoms with Crippen molar-refractivity contribution in [1.82, 2.24) is 4.98 Å². The van der Waals surface area contributed by atoms with Crippen molar-refractivity contribution in [3.8, 4) is 0 Å². The highest BCUT2D eigenvalue weighted by Gasteiger charge is 2.26. The van der Waals surface area contributed by atoms with Crippen molar-refractivity contribution < 1.29 is 28.7 Å². The number of aryl methyl sites for hydroxylation is 1. The molecule has 154 valence electrons. The summed E-state index contributed by atoms with van der Waals surface area (Å²) in [5, 5.41) is 2.58. The number of carbonyl (C=O) groups excluding carboxylic acids is 4. The van der Waals surface area contributed by atoms with E-state index in [9.17, 15) is 19.2 Å². The van der Waals surface area contributed by atoms with E-state index in [0.29, 0.717) is 22.5 Å². The van der Waals surface area contributed by atoms with Gasteiger partial charge in [-0.25, -0.2) is 9.59 Å². The summed E-state index contributed by atoms with van der Waals surface area (Å²) >= 11 is 0. The van der Waals surface area contributed by atoms with Gasteiger partial charge < -0.3 is 25.5 Å². The number of nitrogens with one attached hydrogen (secondary N) is 2. The van der Waals surface area contributed by atoms with Gasteiger partial charge in [0.2, 0.25) is 5.91 Å². The fraction of sp³-hybridized carbons (Fsp3) is 0.300. The van der Waals surface area contributed by atoms with Crippen molar-refractivity contribution in [2.24, 2.45) is 5.73 Å². The summed E-state index contributed by atoms with van der Waals surface area (Å²) in [4.78, 5) is 50.7. The van der Waals surface area contributed by atoms with Crippen molar-refractivity contribution in [3.63, 3.8) is 0 Å². The van der Waals surface area contributed by atoms with Gasteiger partial charge in [0.05, 0.1) is 12.2 Å². The Morgan fingerprint density at radius 2 is 1.72 bits per heavy atom. The van der Waals surface area contributed by atoms with E-state index >= 15 is 0 Å². The highest BCUT2D eigenvalue weighted by Crippen LogP contribution is 2.20. The third-order valence-corrected chi connectivity index (χ3v) is 4.21. The van der Waals surface area contributed by atoms with Crippen LogP contribution in [0.15, 0.2) is 24.3 Å². The number of nitrogens with two attached hydrogens (primary N) is 1. The fourth-order valence-corrected chi connectivity index (χ4v) is 2.70. The Bertz CT molecular complexity index is 946. The van der Waals surface area contributed by atoms with Gasteiger partial charge in [-0.05, 0) is 57.5 Å². The highest BCUT2D eigenvalue weighted by atomic mass is 16.5. The first kappa shape index (κ1) is 21.7. The Morgan fingerprint density at radius 3 is 2.28 bits per heavy atom. The van der Waals surface area contributed by atoms with E-state index in [0.717, 1.165) is 0 Å². The molecule has 29 heavy (non-hydrogen) atoms. The Kier molecular flexibility index (Phi) is 6.76.